The van der Waals surface area contributed by atoms with E-state index in [1.54, 1.807) is 6.92 Å². The highest BCUT2D eigenvalue weighted by Gasteiger charge is 2.17. The first-order valence-electron chi connectivity index (χ1n) is 4.60. The maximum absolute atomic E-state index is 13.4. The lowest BCUT2D eigenvalue weighted by Gasteiger charge is -2.06. The third-order valence-corrected chi connectivity index (χ3v) is 2.61. The number of hydrogen-bond acceptors (Lipinski definition) is 1. The number of aromatic nitrogens is 1. The van der Waals surface area contributed by atoms with Crippen LogP contribution in [-0.2, 0) is 0 Å². The van der Waals surface area contributed by atoms with Crippen molar-refractivity contribution in [2.24, 2.45) is 0 Å². The lowest BCUT2D eigenvalue weighted by Crippen LogP contribution is -2.13. The van der Waals surface area contributed by atoms with Crippen LogP contribution in [-0.4, -0.2) is 4.98 Å². The molecule has 1 N–H and O–H groups in total. The predicted molar refractivity (Wildman–Crippen MR) is 53.9 cm³/mol. The fourth-order valence-electron chi connectivity index (χ4n) is 1.57. The summed E-state index contributed by atoms with van der Waals surface area (Å²) in [4.78, 5) is 14.2. The first-order chi connectivity index (χ1) is 7.43. The molecular formula is C11H8F3NO. The van der Waals surface area contributed by atoms with Gasteiger partial charge < -0.3 is 4.98 Å². The number of halogens is 3. The van der Waals surface area contributed by atoms with E-state index >= 15 is 0 Å². The van der Waals surface area contributed by atoms with Crippen LogP contribution in [0.5, 0.6) is 0 Å². The van der Waals surface area contributed by atoms with E-state index in [-0.39, 0.29) is 5.56 Å². The van der Waals surface area contributed by atoms with Crippen molar-refractivity contribution in [1.82, 2.24) is 4.98 Å². The number of benzene rings is 1. The monoisotopic (exact) mass is 227 g/mol. The Morgan fingerprint density at radius 3 is 2.38 bits per heavy atom. The molecule has 0 aliphatic carbocycles. The van der Waals surface area contributed by atoms with Crippen molar-refractivity contribution < 1.29 is 13.2 Å². The number of H-pyrrole nitrogens is 1. The SMILES string of the molecule is Cc1[nH]c2c(F)c(F)cc(F)c2c(=O)c1C. The summed E-state index contributed by atoms with van der Waals surface area (Å²) < 4.78 is 39.7. The molecule has 2 rings (SSSR count). The van der Waals surface area contributed by atoms with Gasteiger partial charge in [-0.2, -0.15) is 0 Å². The van der Waals surface area contributed by atoms with Gasteiger partial charge in [-0.05, 0) is 13.8 Å². The van der Waals surface area contributed by atoms with E-state index in [0.717, 1.165) is 0 Å². The van der Waals surface area contributed by atoms with Gasteiger partial charge in [-0.15, -0.1) is 0 Å². The molecule has 16 heavy (non-hydrogen) atoms. The molecule has 1 aromatic heterocycles. The Kier molecular flexibility index (Phi) is 2.26. The van der Waals surface area contributed by atoms with Crippen LogP contribution >= 0.6 is 0 Å². The van der Waals surface area contributed by atoms with Crippen LogP contribution in [0.25, 0.3) is 10.9 Å². The Morgan fingerprint density at radius 2 is 1.75 bits per heavy atom. The predicted octanol–water partition coefficient (Wildman–Crippen LogP) is 2.56. The van der Waals surface area contributed by atoms with Crippen LogP contribution in [0.15, 0.2) is 10.9 Å². The van der Waals surface area contributed by atoms with Crippen molar-refractivity contribution in [3.05, 3.63) is 45.0 Å². The topological polar surface area (TPSA) is 32.9 Å². The molecule has 0 aliphatic rings. The van der Waals surface area contributed by atoms with Crippen molar-refractivity contribution in [3.63, 3.8) is 0 Å². The number of pyridine rings is 1. The Bertz CT molecular complexity index is 646. The fraction of sp³-hybridized carbons (Fsp3) is 0.182. The van der Waals surface area contributed by atoms with Gasteiger partial charge in [-0.1, -0.05) is 0 Å². The minimum Gasteiger partial charge on any atom is -0.356 e. The Hall–Kier alpha value is -1.78. The van der Waals surface area contributed by atoms with E-state index < -0.39 is 33.8 Å². The van der Waals surface area contributed by atoms with Crippen LogP contribution < -0.4 is 5.43 Å². The third-order valence-electron chi connectivity index (χ3n) is 2.61. The summed E-state index contributed by atoms with van der Waals surface area (Å²) in [6.45, 7) is 3.03. The summed E-state index contributed by atoms with van der Waals surface area (Å²) in [7, 11) is 0. The highest BCUT2D eigenvalue weighted by Crippen LogP contribution is 2.20. The quantitative estimate of drug-likeness (QED) is 0.689. The molecule has 0 atom stereocenters. The average Bonchev–Trinajstić information content (AvgIpc) is 2.22. The fourth-order valence-corrected chi connectivity index (χ4v) is 1.57. The second kappa shape index (κ2) is 3.37. The second-order valence-electron chi connectivity index (χ2n) is 3.61. The van der Waals surface area contributed by atoms with Gasteiger partial charge in [0.05, 0.1) is 10.9 Å². The Labute approximate surface area is 88.7 Å². The lowest BCUT2D eigenvalue weighted by atomic mass is 10.1. The summed E-state index contributed by atoms with van der Waals surface area (Å²) in [5.74, 6) is -3.61. The molecule has 84 valence electrons. The lowest BCUT2D eigenvalue weighted by molar-refractivity contribution is 0.503. The van der Waals surface area contributed by atoms with E-state index in [1.165, 1.54) is 6.92 Å². The summed E-state index contributed by atoms with van der Waals surface area (Å²) in [6, 6.07) is 0.377. The zero-order valence-corrected chi connectivity index (χ0v) is 8.62. The number of fused-ring (bicyclic) bond motifs is 1. The van der Waals surface area contributed by atoms with E-state index in [1.807, 2.05) is 0 Å². The third kappa shape index (κ3) is 1.31. The maximum Gasteiger partial charge on any atom is 0.195 e. The zero-order chi connectivity index (χ0) is 12.0. The number of nitrogens with one attached hydrogen (secondary N) is 1. The molecule has 0 fully saturated rings. The van der Waals surface area contributed by atoms with Gasteiger partial charge >= 0.3 is 0 Å². The summed E-state index contributed by atoms with van der Waals surface area (Å²) >= 11 is 0. The van der Waals surface area contributed by atoms with Crippen LogP contribution in [0.1, 0.15) is 11.3 Å². The molecule has 0 aliphatic heterocycles. The van der Waals surface area contributed by atoms with Gasteiger partial charge in [-0.3, -0.25) is 4.79 Å². The standard InChI is InChI=1S/C11H8F3NO/c1-4-5(2)15-10-8(11(4)16)6(12)3-7(13)9(10)14/h3H,1-2H3,(H,15,16). The molecule has 2 nitrogen and oxygen atoms in total. The van der Waals surface area contributed by atoms with Crippen LogP contribution in [0.2, 0.25) is 0 Å². The summed E-state index contributed by atoms with van der Waals surface area (Å²) in [6.07, 6.45) is 0. The Balaban J connectivity index is 3.13. The molecule has 0 spiro atoms. The second-order valence-corrected chi connectivity index (χ2v) is 3.61. The van der Waals surface area contributed by atoms with Gasteiger partial charge in [0.15, 0.2) is 17.1 Å². The maximum atomic E-state index is 13.4. The highest BCUT2D eigenvalue weighted by atomic mass is 19.2. The number of rotatable bonds is 0. The molecule has 0 bridgehead atoms. The molecule has 1 aromatic carbocycles. The van der Waals surface area contributed by atoms with Crippen molar-refractivity contribution in [2.75, 3.05) is 0 Å². The average molecular weight is 227 g/mol. The van der Waals surface area contributed by atoms with E-state index in [2.05, 4.69) is 4.98 Å². The van der Waals surface area contributed by atoms with Crippen molar-refractivity contribution in [3.8, 4) is 0 Å². The van der Waals surface area contributed by atoms with Crippen molar-refractivity contribution >= 4 is 10.9 Å². The van der Waals surface area contributed by atoms with Gasteiger partial charge in [-0.25, -0.2) is 13.2 Å². The van der Waals surface area contributed by atoms with E-state index in [4.69, 9.17) is 0 Å². The molecule has 0 radical (unpaired) electrons. The largest absolute Gasteiger partial charge is 0.356 e. The number of aryl methyl sites for hydroxylation is 1. The molecule has 0 saturated carbocycles. The van der Waals surface area contributed by atoms with Gasteiger partial charge in [0, 0.05) is 17.3 Å². The van der Waals surface area contributed by atoms with E-state index in [9.17, 15) is 18.0 Å². The molecular weight excluding hydrogens is 219 g/mol. The van der Waals surface area contributed by atoms with Crippen molar-refractivity contribution in [2.45, 2.75) is 13.8 Å². The number of hydrogen-bond donors (Lipinski definition) is 1. The molecule has 0 saturated heterocycles. The minimum absolute atomic E-state index is 0.289. The number of aromatic amines is 1. The highest BCUT2D eigenvalue weighted by molar-refractivity contribution is 5.80. The first-order valence-corrected chi connectivity index (χ1v) is 4.60. The van der Waals surface area contributed by atoms with Crippen LogP contribution in [0.3, 0.4) is 0 Å². The van der Waals surface area contributed by atoms with Gasteiger partial charge in [0.25, 0.3) is 0 Å². The summed E-state index contributed by atoms with van der Waals surface area (Å²) in [5, 5.41) is -0.443. The molecule has 0 amide bonds. The minimum atomic E-state index is -1.32. The molecule has 1 heterocycles. The summed E-state index contributed by atoms with van der Waals surface area (Å²) in [5.41, 5.74) is -0.368. The normalized spacial score (nSPS) is 11.1. The van der Waals surface area contributed by atoms with Gasteiger partial charge in [0.1, 0.15) is 5.82 Å². The van der Waals surface area contributed by atoms with Crippen LogP contribution in [0.4, 0.5) is 13.2 Å². The first kappa shape index (κ1) is 10.7. The van der Waals surface area contributed by atoms with Crippen LogP contribution in [0, 0.1) is 31.3 Å². The zero-order valence-electron chi connectivity index (χ0n) is 8.62. The molecule has 5 heteroatoms. The van der Waals surface area contributed by atoms with Crippen molar-refractivity contribution in [1.29, 1.82) is 0 Å². The van der Waals surface area contributed by atoms with E-state index in [0.29, 0.717) is 11.8 Å². The molecule has 0 unspecified atom stereocenters. The Morgan fingerprint density at radius 1 is 1.12 bits per heavy atom. The van der Waals surface area contributed by atoms with Gasteiger partial charge in [0.2, 0.25) is 0 Å². The molecule has 2 aromatic rings. The smallest absolute Gasteiger partial charge is 0.195 e.